The van der Waals surface area contributed by atoms with Gasteiger partial charge in [-0.25, -0.2) is 19.9 Å². The standard InChI is InChI=1S/C25H21ClN6O.C12H20ClNOSi.C6H6ClNO.C6H15ClSi.CH4/c1-14-5-24(28)31-15(2)22(14)13-30-25(33)18-9-20(32-21(10-18)11-27)7-16-3-4-23-17(6-16)8-19(26)12-29-23;1-12(2,3)16(4,5)15-9-10-6-7-14-11(13)8-10;7-6-3-5(4-9)1-2-8-6;1-6(2,3)8(4,5)7;/h3-6,8-10,12H,7,13H2,1-2H3,(H2,28,31)(H,30,33);6-8H,9H2,1-5H3;1-3,9H,4H2;1-5H3;1H4. The van der Waals surface area contributed by atoms with E-state index < -0.39 is 15.7 Å². The van der Waals surface area contributed by atoms with Crippen LogP contribution in [0.1, 0.15) is 104 Å². The Morgan fingerprint density at radius 3 is 1.94 bits per heavy atom. The van der Waals surface area contributed by atoms with Crippen molar-refractivity contribution in [1.82, 2.24) is 30.2 Å². The summed E-state index contributed by atoms with van der Waals surface area (Å²) in [6.07, 6.45) is 5.34. The number of nitrogen functional groups attached to an aromatic ring is 1. The van der Waals surface area contributed by atoms with E-state index in [0.29, 0.717) is 57.0 Å². The molecule has 4 N–H and O–H groups in total. The van der Waals surface area contributed by atoms with E-state index in [1.54, 1.807) is 42.9 Å². The summed E-state index contributed by atoms with van der Waals surface area (Å²) >= 11 is 23.5. The molecule has 0 spiro atoms. The number of nitrogens with zero attached hydrogens (tertiary/aromatic N) is 6. The maximum atomic E-state index is 12.9. The lowest BCUT2D eigenvalue weighted by atomic mass is 10.0. The number of hydrogen-bond donors (Lipinski definition) is 3. The first kappa shape index (κ1) is 58.6. The van der Waals surface area contributed by atoms with Gasteiger partial charge in [0, 0.05) is 53.9 Å². The summed E-state index contributed by atoms with van der Waals surface area (Å²) in [6.45, 7) is 26.9. The fourth-order valence-electron chi connectivity index (χ4n) is 5.32. The number of nitrogens with one attached hydrogen (secondary N) is 1. The molecule has 0 bridgehead atoms. The number of nitriles is 1. The maximum Gasteiger partial charge on any atom is 0.251 e. The number of aliphatic hydroxyl groups is 1. The van der Waals surface area contributed by atoms with Crippen LogP contribution in [0.15, 0.2) is 85.3 Å². The van der Waals surface area contributed by atoms with Crippen LogP contribution in [0.4, 0.5) is 5.82 Å². The molecule has 5 heterocycles. The second kappa shape index (κ2) is 25.8. The molecule has 0 aliphatic rings. The summed E-state index contributed by atoms with van der Waals surface area (Å²) in [5.74, 6) is 0.157. The highest BCUT2D eigenvalue weighted by Gasteiger charge is 2.37. The molecule has 11 nitrogen and oxygen atoms in total. The summed E-state index contributed by atoms with van der Waals surface area (Å²) in [4.78, 5) is 33.5. The number of aromatic nitrogens is 5. The van der Waals surface area contributed by atoms with E-state index in [9.17, 15) is 10.1 Å². The van der Waals surface area contributed by atoms with Crippen LogP contribution in [-0.4, -0.2) is 51.6 Å². The van der Waals surface area contributed by atoms with Crippen molar-refractivity contribution >= 4 is 84.2 Å². The van der Waals surface area contributed by atoms with E-state index in [1.807, 2.05) is 56.3 Å². The third kappa shape index (κ3) is 19.2. The number of hydrogen-bond acceptors (Lipinski definition) is 10. The zero-order chi connectivity index (χ0) is 49.6. The Balaban J connectivity index is 0.000000373. The van der Waals surface area contributed by atoms with Crippen LogP contribution in [0.5, 0.6) is 0 Å². The van der Waals surface area contributed by atoms with Crippen molar-refractivity contribution < 1.29 is 14.3 Å². The molecule has 1 amide bonds. The largest absolute Gasteiger partial charge is 0.413 e. The summed E-state index contributed by atoms with van der Waals surface area (Å²) < 4.78 is 6.09. The molecule has 17 heteroatoms. The van der Waals surface area contributed by atoms with Crippen molar-refractivity contribution in [3.05, 3.63) is 151 Å². The number of amides is 1. The third-order valence-electron chi connectivity index (χ3n) is 11.3. The zero-order valence-electron chi connectivity index (χ0n) is 39.9. The molecule has 6 rings (SSSR count). The van der Waals surface area contributed by atoms with Crippen molar-refractivity contribution in [2.45, 2.75) is 125 Å². The minimum absolute atomic E-state index is 0. The topological polar surface area (TPSA) is 173 Å². The smallest absolute Gasteiger partial charge is 0.251 e. The highest BCUT2D eigenvalue weighted by Crippen LogP contribution is 2.38. The molecule has 0 fully saturated rings. The van der Waals surface area contributed by atoms with Crippen molar-refractivity contribution in [2.75, 3.05) is 5.73 Å². The molecule has 0 radical (unpaired) electrons. The molecular weight excluding hydrogens is 959 g/mol. The molecule has 6 aromatic rings. The number of rotatable bonds is 9. The SMILES string of the molecule is C.CC(C)(C)[Si](C)(C)Cl.CC(C)(C)[Si](C)(C)OCc1ccnc(Cl)c1.Cc1cc(N)nc(C)c1CNC(=O)c1cc(C#N)nc(Cc2ccc3ncc(Cl)cc3c2)c1.OCc1ccnc(Cl)c1. The number of benzene rings is 1. The highest BCUT2D eigenvalue weighted by atomic mass is 35.6. The van der Waals surface area contributed by atoms with Crippen LogP contribution in [-0.2, 0) is 30.6 Å². The van der Waals surface area contributed by atoms with E-state index in [4.69, 9.17) is 61.1 Å². The summed E-state index contributed by atoms with van der Waals surface area (Å²) in [5.41, 5.74) is 13.3. The first-order valence-electron chi connectivity index (χ1n) is 21.2. The van der Waals surface area contributed by atoms with Gasteiger partial charge in [-0.2, -0.15) is 16.3 Å². The van der Waals surface area contributed by atoms with Crippen LogP contribution >= 0.6 is 45.9 Å². The Hall–Kier alpha value is -4.50. The maximum absolute atomic E-state index is 12.9. The molecule has 0 unspecified atom stereocenters. The lowest BCUT2D eigenvalue weighted by molar-refractivity contribution is 0.0950. The first-order chi connectivity index (χ1) is 30.6. The van der Waals surface area contributed by atoms with Crippen LogP contribution in [0.3, 0.4) is 0 Å². The number of aryl methyl sites for hydroxylation is 2. The summed E-state index contributed by atoms with van der Waals surface area (Å²) in [7, 11) is -3.06. The van der Waals surface area contributed by atoms with Gasteiger partial charge in [0.05, 0.1) is 23.8 Å². The Morgan fingerprint density at radius 1 is 0.821 bits per heavy atom. The zero-order valence-corrected chi connectivity index (χ0v) is 45.0. The molecule has 1 aromatic carbocycles. The second-order valence-electron chi connectivity index (χ2n) is 18.7. The normalized spacial score (nSPS) is 11.3. The predicted molar refractivity (Wildman–Crippen MR) is 284 cm³/mol. The molecule has 0 saturated heterocycles. The van der Waals surface area contributed by atoms with E-state index in [0.717, 1.165) is 44.4 Å². The first-order valence-corrected chi connectivity index (χ1v) is 29.3. The van der Waals surface area contributed by atoms with Crippen molar-refractivity contribution in [3.8, 4) is 6.07 Å². The Morgan fingerprint density at radius 2 is 1.42 bits per heavy atom. The number of carbonyl (C=O) groups is 1. The quantitative estimate of drug-likeness (QED) is 0.0719. The van der Waals surface area contributed by atoms with Crippen LogP contribution in [0, 0.1) is 25.2 Å². The van der Waals surface area contributed by atoms with Crippen molar-refractivity contribution in [2.24, 2.45) is 0 Å². The molecule has 0 atom stereocenters. The van der Waals surface area contributed by atoms with Gasteiger partial charge in [0.15, 0.2) is 15.7 Å². The number of nitrogens with two attached hydrogens (primary N) is 1. The monoisotopic (exact) mass is 1020 g/mol. The van der Waals surface area contributed by atoms with Gasteiger partial charge in [-0.15, -0.1) is 0 Å². The number of halogens is 4. The van der Waals surface area contributed by atoms with E-state index >= 15 is 0 Å². The fraction of sp³-hybridized carbons (Fsp3) is 0.380. The molecule has 0 saturated carbocycles. The van der Waals surface area contributed by atoms with Gasteiger partial charge < -0.3 is 20.6 Å². The van der Waals surface area contributed by atoms with E-state index in [2.05, 4.69) is 98.0 Å². The van der Waals surface area contributed by atoms with Gasteiger partial charge in [-0.05, 0) is 125 Å². The minimum Gasteiger partial charge on any atom is -0.413 e. The summed E-state index contributed by atoms with van der Waals surface area (Å²) in [6, 6.07) is 21.8. The third-order valence-corrected chi connectivity index (χ3v) is 21.7. The van der Waals surface area contributed by atoms with Crippen LogP contribution < -0.4 is 11.1 Å². The van der Waals surface area contributed by atoms with Crippen LogP contribution in [0.2, 0.25) is 51.6 Å². The number of aliphatic hydroxyl groups excluding tert-OH is 1. The van der Waals surface area contributed by atoms with E-state index in [-0.39, 0.29) is 30.7 Å². The molecule has 0 aliphatic heterocycles. The van der Waals surface area contributed by atoms with Gasteiger partial charge in [-0.3, -0.25) is 9.78 Å². The predicted octanol–water partition coefficient (Wildman–Crippen LogP) is 13.6. The molecule has 360 valence electrons. The number of carbonyl (C=O) groups excluding carboxylic acids is 1. The summed E-state index contributed by atoms with van der Waals surface area (Å²) in [5, 5.41) is 23.9. The fourth-order valence-corrected chi connectivity index (χ4v) is 6.84. The molecule has 5 aromatic heterocycles. The Bertz CT molecular complexity index is 2590. The van der Waals surface area contributed by atoms with Gasteiger partial charge >= 0.3 is 0 Å². The molecule has 67 heavy (non-hydrogen) atoms. The lowest BCUT2D eigenvalue weighted by Crippen LogP contribution is -2.40. The average Bonchev–Trinajstić information content (AvgIpc) is 3.22. The van der Waals surface area contributed by atoms with Gasteiger partial charge in [0.1, 0.15) is 27.9 Å². The number of pyridine rings is 5. The van der Waals surface area contributed by atoms with Gasteiger partial charge in [0.2, 0.25) is 0 Å². The van der Waals surface area contributed by atoms with Crippen molar-refractivity contribution in [1.29, 1.82) is 5.26 Å². The minimum atomic E-state index is -1.67. The van der Waals surface area contributed by atoms with E-state index in [1.165, 1.54) is 6.07 Å². The van der Waals surface area contributed by atoms with Gasteiger partial charge in [0.25, 0.3) is 5.91 Å². The second-order valence-corrected chi connectivity index (χ2v) is 32.0. The lowest BCUT2D eigenvalue weighted by Gasteiger charge is -2.36. The number of fused-ring (bicyclic) bond motifs is 1. The average molecular weight is 1030 g/mol. The molecular formula is C50H66Cl4N8O3Si2. The highest BCUT2D eigenvalue weighted by molar-refractivity contribution is 7.20. The Labute approximate surface area is 419 Å². The molecule has 0 aliphatic carbocycles. The number of anilines is 1. The van der Waals surface area contributed by atoms with Gasteiger partial charge in [-0.1, -0.05) is 103 Å². The Kier molecular flexibility index (Phi) is 22.5. The van der Waals surface area contributed by atoms with Crippen molar-refractivity contribution in [3.63, 3.8) is 0 Å². The van der Waals surface area contributed by atoms with Crippen LogP contribution in [0.25, 0.3) is 10.9 Å².